The smallest absolute Gasteiger partial charge is 0.319 e. The maximum Gasteiger partial charge on any atom is 0.319 e. The Morgan fingerprint density at radius 1 is 1.14 bits per heavy atom. The van der Waals surface area contributed by atoms with Gasteiger partial charge in [-0.1, -0.05) is 18.2 Å². The van der Waals surface area contributed by atoms with Gasteiger partial charge in [0.25, 0.3) is 0 Å². The van der Waals surface area contributed by atoms with E-state index in [0.717, 1.165) is 23.8 Å². The number of nitrogens with two attached hydrogens (primary N) is 1. The number of fused-ring (bicyclic) bond motifs is 2. The summed E-state index contributed by atoms with van der Waals surface area (Å²) in [4.78, 5) is 13.3. The molecule has 1 saturated carbocycles. The summed E-state index contributed by atoms with van der Waals surface area (Å²) in [5, 5.41) is 12.1. The predicted octanol–water partition coefficient (Wildman–Crippen LogP) is 3.68. The molecule has 3 heterocycles. The van der Waals surface area contributed by atoms with Crippen LogP contribution in [0.4, 0.5) is 5.69 Å². The Balaban J connectivity index is 1.78. The standard InChI is InChI=1S/C21H21N5O3/c1-28-19-14(9-23-21(25-19)29-2)12-7-4-8-13-17(22)16-15(24-18(12)13)10-26(20(16)27)11-5-3-6-11/h4,7-11,27H,3,5-6,22H2,1-2H3. The molecule has 3 aromatic heterocycles. The Labute approximate surface area is 166 Å². The average molecular weight is 391 g/mol. The molecule has 4 aromatic rings. The van der Waals surface area contributed by atoms with Crippen LogP contribution >= 0.6 is 0 Å². The highest BCUT2D eigenvalue weighted by Gasteiger charge is 2.25. The third-order valence-corrected chi connectivity index (χ3v) is 5.68. The van der Waals surface area contributed by atoms with Crippen molar-refractivity contribution in [3.05, 3.63) is 30.6 Å². The van der Waals surface area contributed by atoms with Crippen LogP contribution in [0.1, 0.15) is 25.3 Å². The maximum atomic E-state index is 10.8. The zero-order valence-electron chi connectivity index (χ0n) is 16.2. The van der Waals surface area contributed by atoms with E-state index in [1.54, 1.807) is 13.3 Å². The Kier molecular flexibility index (Phi) is 3.94. The van der Waals surface area contributed by atoms with Crippen molar-refractivity contribution in [3.63, 3.8) is 0 Å². The van der Waals surface area contributed by atoms with Gasteiger partial charge in [-0.3, -0.25) is 0 Å². The molecular weight excluding hydrogens is 370 g/mol. The number of pyridine rings is 1. The van der Waals surface area contributed by atoms with Crippen LogP contribution in [-0.4, -0.2) is 38.8 Å². The highest BCUT2D eigenvalue weighted by molar-refractivity contribution is 6.12. The summed E-state index contributed by atoms with van der Waals surface area (Å²) in [5.74, 6) is 0.576. The zero-order valence-corrected chi connectivity index (χ0v) is 16.2. The number of ether oxygens (including phenoxy) is 2. The molecule has 0 aliphatic heterocycles. The number of aromatic hydroxyl groups is 1. The lowest BCUT2D eigenvalue weighted by Crippen LogP contribution is -2.15. The van der Waals surface area contributed by atoms with Crippen LogP contribution < -0.4 is 15.2 Å². The maximum absolute atomic E-state index is 10.8. The molecule has 148 valence electrons. The number of nitrogens with zero attached hydrogens (tertiary/aromatic N) is 4. The average Bonchev–Trinajstić information content (AvgIpc) is 3.02. The minimum Gasteiger partial charge on any atom is -0.494 e. The first kappa shape index (κ1) is 17.5. The summed E-state index contributed by atoms with van der Waals surface area (Å²) in [7, 11) is 3.05. The summed E-state index contributed by atoms with van der Waals surface area (Å²) in [6.07, 6.45) is 6.82. The number of rotatable bonds is 4. The molecule has 1 aromatic carbocycles. The minimum atomic E-state index is 0.187. The highest BCUT2D eigenvalue weighted by Crippen LogP contribution is 2.43. The molecule has 8 nitrogen and oxygen atoms in total. The molecule has 3 N–H and O–H groups in total. The SMILES string of the molecule is COc1ncc(-c2cccc3c(N)c4c(O)n(C5CCC5)cc4nc23)c(OC)n1. The first-order valence-corrected chi connectivity index (χ1v) is 9.49. The van der Waals surface area contributed by atoms with Gasteiger partial charge in [0.15, 0.2) is 0 Å². The van der Waals surface area contributed by atoms with Crippen LogP contribution in [0.25, 0.3) is 32.9 Å². The molecule has 0 spiro atoms. The predicted molar refractivity (Wildman–Crippen MR) is 110 cm³/mol. The zero-order chi connectivity index (χ0) is 20.1. The second-order valence-electron chi connectivity index (χ2n) is 7.21. The molecule has 0 amide bonds. The summed E-state index contributed by atoms with van der Waals surface area (Å²) in [5.41, 5.74) is 9.86. The van der Waals surface area contributed by atoms with Crippen molar-refractivity contribution < 1.29 is 14.6 Å². The summed E-state index contributed by atoms with van der Waals surface area (Å²) in [6, 6.07) is 6.25. The largest absolute Gasteiger partial charge is 0.494 e. The van der Waals surface area contributed by atoms with E-state index in [0.29, 0.717) is 39.6 Å². The number of para-hydroxylation sites is 1. The molecule has 0 atom stereocenters. The van der Waals surface area contributed by atoms with Crippen LogP contribution in [0.15, 0.2) is 30.6 Å². The van der Waals surface area contributed by atoms with E-state index in [2.05, 4.69) is 9.97 Å². The van der Waals surface area contributed by atoms with Crippen LogP contribution in [0.2, 0.25) is 0 Å². The number of hydrogen-bond acceptors (Lipinski definition) is 7. The number of anilines is 1. The molecule has 1 aliphatic carbocycles. The number of benzene rings is 1. The molecule has 0 bridgehead atoms. The molecule has 0 saturated heterocycles. The second-order valence-corrected chi connectivity index (χ2v) is 7.21. The van der Waals surface area contributed by atoms with Crippen LogP contribution in [-0.2, 0) is 0 Å². The van der Waals surface area contributed by atoms with Gasteiger partial charge in [-0.2, -0.15) is 4.98 Å². The first-order valence-electron chi connectivity index (χ1n) is 9.49. The van der Waals surface area contributed by atoms with Crippen molar-refractivity contribution in [1.82, 2.24) is 19.5 Å². The van der Waals surface area contributed by atoms with E-state index >= 15 is 0 Å². The van der Waals surface area contributed by atoms with Gasteiger partial charge in [0, 0.05) is 29.4 Å². The van der Waals surface area contributed by atoms with Crippen molar-refractivity contribution in [2.45, 2.75) is 25.3 Å². The van der Waals surface area contributed by atoms with Crippen LogP contribution in [0.3, 0.4) is 0 Å². The van der Waals surface area contributed by atoms with Gasteiger partial charge in [-0.25, -0.2) is 9.97 Å². The van der Waals surface area contributed by atoms with Crippen molar-refractivity contribution >= 4 is 27.5 Å². The van der Waals surface area contributed by atoms with E-state index in [-0.39, 0.29) is 11.9 Å². The Morgan fingerprint density at radius 3 is 2.66 bits per heavy atom. The number of methoxy groups -OCH3 is 2. The third-order valence-electron chi connectivity index (χ3n) is 5.68. The third kappa shape index (κ3) is 2.55. The lowest BCUT2D eigenvalue weighted by Gasteiger charge is -2.27. The minimum absolute atomic E-state index is 0.187. The Hall–Kier alpha value is -3.55. The molecule has 8 heteroatoms. The monoisotopic (exact) mass is 391 g/mol. The molecule has 0 unspecified atom stereocenters. The second kappa shape index (κ2) is 6.51. The molecule has 1 fully saturated rings. The topological polar surface area (TPSA) is 108 Å². The Morgan fingerprint density at radius 2 is 1.97 bits per heavy atom. The summed E-state index contributed by atoms with van der Waals surface area (Å²) >= 11 is 0. The van der Waals surface area contributed by atoms with Gasteiger partial charge in [-0.15, -0.1) is 0 Å². The number of aromatic nitrogens is 4. The van der Waals surface area contributed by atoms with E-state index < -0.39 is 0 Å². The Bertz CT molecular complexity index is 1250. The molecule has 0 radical (unpaired) electrons. The van der Waals surface area contributed by atoms with Gasteiger partial charge < -0.3 is 24.9 Å². The van der Waals surface area contributed by atoms with E-state index in [1.165, 1.54) is 13.5 Å². The normalized spacial score (nSPS) is 14.3. The van der Waals surface area contributed by atoms with Gasteiger partial charge in [-0.05, 0) is 19.3 Å². The van der Waals surface area contributed by atoms with Crippen molar-refractivity contribution in [3.8, 4) is 28.9 Å². The summed E-state index contributed by atoms with van der Waals surface area (Å²) in [6.45, 7) is 0. The molecule has 1 aliphatic rings. The van der Waals surface area contributed by atoms with E-state index in [9.17, 15) is 5.11 Å². The van der Waals surface area contributed by atoms with E-state index in [1.807, 2.05) is 29.0 Å². The van der Waals surface area contributed by atoms with Gasteiger partial charge in [0.2, 0.25) is 11.8 Å². The first-order chi connectivity index (χ1) is 14.1. The van der Waals surface area contributed by atoms with Gasteiger partial charge in [0.05, 0.1) is 41.9 Å². The highest BCUT2D eigenvalue weighted by atomic mass is 16.5. The molecule has 29 heavy (non-hydrogen) atoms. The fourth-order valence-corrected chi connectivity index (χ4v) is 3.93. The van der Waals surface area contributed by atoms with Gasteiger partial charge in [0.1, 0.15) is 0 Å². The van der Waals surface area contributed by atoms with Crippen LogP contribution in [0.5, 0.6) is 17.8 Å². The molecule has 5 rings (SSSR count). The van der Waals surface area contributed by atoms with E-state index in [4.69, 9.17) is 20.2 Å². The fourth-order valence-electron chi connectivity index (χ4n) is 3.93. The fraction of sp³-hybridized carbons (Fsp3) is 0.286. The lowest BCUT2D eigenvalue weighted by atomic mass is 9.93. The number of hydrogen-bond donors (Lipinski definition) is 2. The lowest BCUT2D eigenvalue weighted by molar-refractivity contribution is 0.283. The van der Waals surface area contributed by atoms with Crippen molar-refractivity contribution in [1.29, 1.82) is 0 Å². The van der Waals surface area contributed by atoms with Crippen molar-refractivity contribution in [2.24, 2.45) is 0 Å². The van der Waals surface area contributed by atoms with Crippen molar-refractivity contribution in [2.75, 3.05) is 20.0 Å². The quantitative estimate of drug-likeness (QED) is 0.546. The number of nitrogen functional groups attached to an aromatic ring is 1. The molecular formula is C21H21N5O3. The van der Waals surface area contributed by atoms with Gasteiger partial charge >= 0.3 is 6.01 Å². The summed E-state index contributed by atoms with van der Waals surface area (Å²) < 4.78 is 12.4. The van der Waals surface area contributed by atoms with Crippen LogP contribution in [0, 0.1) is 0 Å².